The zero-order chi connectivity index (χ0) is 13.9. The number of aromatic nitrogens is 5. The van der Waals surface area contributed by atoms with Crippen LogP contribution in [0.5, 0.6) is 0 Å². The van der Waals surface area contributed by atoms with Crippen LogP contribution in [0.1, 0.15) is 0 Å². The van der Waals surface area contributed by atoms with Gasteiger partial charge in [0.1, 0.15) is 5.82 Å². The number of rotatable bonds is 3. The lowest BCUT2D eigenvalue weighted by molar-refractivity contribution is 0.775. The van der Waals surface area contributed by atoms with Crippen molar-refractivity contribution >= 4 is 11.8 Å². The number of hydrogen-bond acceptors (Lipinski definition) is 5. The molecule has 0 amide bonds. The minimum absolute atomic E-state index is 0.165. The molecule has 7 heteroatoms. The first-order valence-electron chi connectivity index (χ1n) is 5.99. The van der Waals surface area contributed by atoms with Crippen molar-refractivity contribution in [2.45, 2.75) is 0 Å². The van der Waals surface area contributed by atoms with E-state index in [4.69, 9.17) is 0 Å². The zero-order valence-corrected chi connectivity index (χ0v) is 10.7. The van der Waals surface area contributed by atoms with E-state index in [2.05, 4.69) is 25.4 Å². The summed E-state index contributed by atoms with van der Waals surface area (Å²) in [6.45, 7) is 0. The average Bonchev–Trinajstić information content (AvgIpc) is 2.85. The van der Waals surface area contributed by atoms with Gasteiger partial charge in [-0.2, -0.15) is 5.10 Å². The molecule has 0 saturated carbocycles. The van der Waals surface area contributed by atoms with Crippen molar-refractivity contribution in [2.75, 3.05) is 5.32 Å². The van der Waals surface area contributed by atoms with Crippen LogP contribution >= 0.6 is 0 Å². The van der Waals surface area contributed by atoms with Crippen LogP contribution in [0.15, 0.2) is 47.7 Å². The summed E-state index contributed by atoms with van der Waals surface area (Å²) in [5.41, 5.74) is 1.25. The van der Waals surface area contributed by atoms with Gasteiger partial charge in [0.2, 0.25) is 11.5 Å². The molecule has 7 nitrogen and oxygen atoms in total. The van der Waals surface area contributed by atoms with E-state index in [-0.39, 0.29) is 5.56 Å². The molecule has 100 valence electrons. The SMILES string of the molecule is Cn1nccc1Nc1nccc(-c2cc[nH]c(=O)c2)n1. The van der Waals surface area contributed by atoms with Gasteiger partial charge in [-0.3, -0.25) is 9.48 Å². The van der Waals surface area contributed by atoms with E-state index >= 15 is 0 Å². The van der Waals surface area contributed by atoms with Gasteiger partial charge in [0, 0.05) is 37.1 Å². The lowest BCUT2D eigenvalue weighted by Crippen LogP contribution is -2.05. The fourth-order valence-electron chi connectivity index (χ4n) is 1.79. The number of hydrogen-bond donors (Lipinski definition) is 2. The first-order chi connectivity index (χ1) is 9.72. The number of aryl methyl sites for hydroxylation is 1. The molecule has 3 heterocycles. The molecular weight excluding hydrogens is 256 g/mol. The summed E-state index contributed by atoms with van der Waals surface area (Å²) in [4.78, 5) is 22.4. The predicted molar refractivity (Wildman–Crippen MR) is 74.6 cm³/mol. The highest BCUT2D eigenvalue weighted by molar-refractivity contribution is 5.60. The van der Waals surface area contributed by atoms with E-state index in [1.807, 2.05) is 13.1 Å². The van der Waals surface area contributed by atoms with E-state index in [1.165, 1.54) is 6.07 Å². The summed E-state index contributed by atoms with van der Waals surface area (Å²) < 4.78 is 1.68. The van der Waals surface area contributed by atoms with E-state index in [0.29, 0.717) is 11.6 Å². The predicted octanol–water partition coefficient (Wildman–Crippen LogP) is 1.31. The Morgan fingerprint density at radius 3 is 2.90 bits per heavy atom. The topological polar surface area (TPSA) is 88.5 Å². The van der Waals surface area contributed by atoms with Crippen LogP contribution in [-0.4, -0.2) is 24.7 Å². The Morgan fingerprint density at radius 1 is 1.25 bits per heavy atom. The molecule has 0 unspecified atom stereocenters. The molecule has 0 aromatic carbocycles. The van der Waals surface area contributed by atoms with Gasteiger partial charge >= 0.3 is 0 Å². The van der Waals surface area contributed by atoms with Gasteiger partial charge in [0.25, 0.3) is 0 Å². The van der Waals surface area contributed by atoms with Crippen LogP contribution in [0, 0.1) is 0 Å². The van der Waals surface area contributed by atoms with Gasteiger partial charge in [-0.15, -0.1) is 0 Å². The molecule has 3 rings (SSSR count). The second-order valence-electron chi connectivity index (χ2n) is 4.17. The summed E-state index contributed by atoms with van der Waals surface area (Å²) in [5.74, 6) is 1.24. The van der Waals surface area contributed by atoms with Crippen LogP contribution in [0.2, 0.25) is 0 Å². The maximum absolute atomic E-state index is 11.3. The summed E-state index contributed by atoms with van der Waals surface area (Å²) in [6, 6.07) is 6.86. The Balaban J connectivity index is 1.94. The molecule has 3 aromatic heterocycles. The Labute approximate surface area is 114 Å². The summed E-state index contributed by atoms with van der Waals surface area (Å²) in [5, 5.41) is 7.13. The molecule has 0 atom stereocenters. The minimum atomic E-state index is -0.165. The van der Waals surface area contributed by atoms with Gasteiger partial charge in [-0.25, -0.2) is 9.97 Å². The lowest BCUT2D eigenvalue weighted by Gasteiger charge is -2.06. The monoisotopic (exact) mass is 268 g/mol. The maximum Gasteiger partial charge on any atom is 0.248 e. The van der Waals surface area contributed by atoms with E-state index in [9.17, 15) is 4.79 Å². The molecule has 0 spiro atoms. The molecule has 0 fully saturated rings. The van der Waals surface area contributed by atoms with Crippen LogP contribution in [-0.2, 0) is 7.05 Å². The fourth-order valence-corrected chi connectivity index (χ4v) is 1.79. The third-order valence-corrected chi connectivity index (χ3v) is 2.79. The molecule has 0 radical (unpaired) electrons. The molecule has 0 aliphatic carbocycles. The first-order valence-corrected chi connectivity index (χ1v) is 5.99. The average molecular weight is 268 g/mol. The highest BCUT2D eigenvalue weighted by Crippen LogP contribution is 2.17. The van der Waals surface area contributed by atoms with Crippen LogP contribution in [0.3, 0.4) is 0 Å². The smallest absolute Gasteiger partial charge is 0.248 e. The third kappa shape index (κ3) is 2.41. The Bertz CT molecular complexity index is 791. The second-order valence-corrected chi connectivity index (χ2v) is 4.17. The van der Waals surface area contributed by atoms with Crippen LogP contribution in [0.4, 0.5) is 11.8 Å². The normalized spacial score (nSPS) is 10.4. The van der Waals surface area contributed by atoms with Gasteiger partial charge < -0.3 is 10.3 Å². The minimum Gasteiger partial charge on any atom is -0.329 e. The Morgan fingerprint density at radius 2 is 2.15 bits per heavy atom. The quantitative estimate of drug-likeness (QED) is 0.747. The Kier molecular flexibility index (Phi) is 3.00. The highest BCUT2D eigenvalue weighted by Gasteiger charge is 2.05. The number of nitrogens with zero attached hydrogens (tertiary/aromatic N) is 4. The number of pyridine rings is 1. The zero-order valence-electron chi connectivity index (χ0n) is 10.7. The van der Waals surface area contributed by atoms with Crippen molar-refractivity contribution in [3.05, 3.63) is 53.2 Å². The van der Waals surface area contributed by atoms with Crippen molar-refractivity contribution in [3.8, 4) is 11.3 Å². The summed E-state index contributed by atoms with van der Waals surface area (Å²) in [6.07, 6.45) is 4.92. The molecule has 20 heavy (non-hydrogen) atoms. The first kappa shape index (κ1) is 12.1. The van der Waals surface area contributed by atoms with Gasteiger partial charge in [0.15, 0.2) is 0 Å². The van der Waals surface area contributed by atoms with Crippen molar-refractivity contribution in [1.29, 1.82) is 0 Å². The molecule has 3 aromatic rings. The fraction of sp³-hybridized carbons (Fsp3) is 0.0769. The van der Waals surface area contributed by atoms with Gasteiger partial charge in [0.05, 0.1) is 11.9 Å². The van der Waals surface area contributed by atoms with Crippen LogP contribution < -0.4 is 10.9 Å². The number of anilines is 2. The molecule has 0 bridgehead atoms. The number of aromatic amines is 1. The lowest BCUT2D eigenvalue weighted by atomic mass is 10.2. The Hall–Kier alpha value is -2.96. The van der Waals surface area contributed by atoms with E-state index in [0.717, 1.165) is 11.4 Å². The molecule has 0 aliphatic heterocycles. The highest BCUT2D eigenvalue weighted by atomic mass is 16.1. The molecular formula is C13H12N6O. The van der Waals surface area contributed by atoms with Crippen molar-refractivity contribution in [1.82, 2.24) is 24.7 Å². The van der Waals surface area contributed by atoms with Gasteiger partial charge in [-0.05, 0) is 12.1 Å². The molecule has 2 N–H and O–H groups in total. The largest absolute Gasteiger partial charge is 0.329 e. The van der Waals surface area contributed by atoms with Crippen molar-refractivity contribution in [2.24, 2.45) is 7.05 Å². The second kappa shape index (κ2) is 4.96. The number of nitrogens with one attached hydrogen (secondary N) is 2. The third-order valence-electron chi connectivity index (χ3n) is 2.79. The molecule has 0 saturated heterocycles. The van der Waals surface area contributed by atoms with Crippen molar-refractivity contribution in [3.63, 3.8) is 0 Å². The standard InChI is InChI=1S/C13H12N6O/c1-19-11(4-7-16-19)18-13-15-6-3-10(17-13)9-2-5-14-12(20)8-9/h2-8H,1H3,(H,14,20)(H,15,17,18). The van der Waals surface area contributed by atoms with Crippen molar-refractivity contribution < 1.29 is 0 Å². The number of H-pyrrole nitrogens is 1. The van der Waals surface area contributed by atoms with E-state index in [1.54, 1.807) is 35.4 Å². The van der Waals surface area contributed by atoms with Crippen LogP contribution in [0.25, 0.3) is 11.3 Å². The molecule has 0 aliphatic rings. The van der Waals surface area contributed by atoms with Gasteiger partial charge in [-0.1, -0.05) is 0 Å². The maximum atomic E-state index is 11.3. The summed E-state index contributed by atoms with van der Waals surface area (Å²) >= 11 is 0. The summed E-state index contributed by atoms with van der Waals surface area (Å²) in [7, 11) is 1.82. The van der Waals surface area contributed by atoms with E-state index < -0.39 is 0 Å².